The molecule has 2 saturated heterocycles. The zero-order valence-electron chi connectivity index (χ0n) is 12.2. The topological polar surface area (TPSA) is 59.4 Å². The quantitative estimate of drug-likeness (QED) is 0.894. The lowest BCUT2D eigenvalue weighted by Crippen LogP contribution is -2.50. The smallest absolute Gasteiger partial charge is 0.290 e. The molecular formula is C14H21ClN4O2. The number of anilines is 1. The number of nitrogens with zero attached hydrogens (tertiary/aromatic N) is 3. The zero-order valence-corrected chi connectivity index (χ0v) is 13.0. The van der Waals surface area contributed by atoms with Gasteiger partial charge < -0.3 is 15.0 Å². The van der Waals surface area contributed by atoms with Crippen LogP contribution in [0.2, 0.25) is 5.02 Å². The van der Waals surface area contributed by atoms with Crippen LogP contribution < -0.4 is 15.8 Å². The van der Waals surface area contributed by atoms with Crippen molar-refractivity contribution in [2.24, 2.45) is 0 Å². The number of hydrogen-bond acceptors (Lipinski definition) is 5. The summed E-state index contributed by atoms with van der Waals surface area (Å²) < 4.78 is 7.01. The molecule has 0 radical (unpaired) electrons. The monoisotopic (exact) mass is 312 g/mol. The van der Waals surface area contributed by atoms with E-state index in [0.717, 1.165) is 44.6 Å². The Bertz CT molecular complexity index is 556. The van der Waals surface area contributed by atoms with E-state index in [1.807, 2.05) is 0 Å². The Morgan fingerprint density at radius 1 is 1.48 bits per heavy atom. The maximum Gasteiger partial charge on any atom is 0.290 e. The zero-order chi connectivity index (χ0) is 14.8. The first-order valence-corrected chi connectivity index (χ1v) is 7.92. The summed E-state index contributed by atoms with van der Waals surface area (Å²) in [6, 6.07) is 0.291. The minimum atomic E-state index is -0.279. The van der Waals surface area contributed by atoms with Crippen molar-refractivity contribution in [2.45, 2.75) is 38.5 Å². The standard InChI is InChI=1S/C14H21ClN4O2/c1-10-8-16-5-6-18(10)11-9-17-19(14(20)13(11)15)12-4-2-3-7-21-12/h9-10,12,16H,2-8H2,1H3/t10-,12?/m1/s1. The molecule has 1 aromatic rings. The number of halogens is 1. The van der Waals surface area contributed by atoms with Crippen molar-refractivity contribution in [3.8, 4) is 0 Å². The molecule has 0 amide bonds. The van der Waals surface area contributed by atoms with Crippen molar-refractivity contribution >= 4 is 17.3 Å². The van der Waals surface area contributed by atoms with Crippen molar-refractivity contribution in [1.29, 1.82) is 0 Å². The van der Waals surface area contributed by atoms with Crippen LogP contribution >= 0.6 is 11.6 Å². The van der Waals surface area contributed by atoms with Crippen LogP contribution in [0.3, 0.4) is 0 Å². The van der Waals surface area contributed by atoms with Crippen molar-refractivity contribution in [2.75, 3.05) is 31.1 Å². The molecule has 3 rings (SSSR count). The third-order valence-corrected chi connectivity index (χ3v) is 4.52. The average Bonchev–Trinajstić information content (AvgIpc) is 2.52. The number of piperazine rings is 1. The minimum absolute atomic E-state index is 0.243. The molecule has 0 aromatic carbocycles. The summed E-state index contributed by atoms with van der Waals surface area (Å²) in [5.74, 6) is 0. The largest absolute Gasteiger partial charge is 0.364 e. The second kappa shape index (κ2) is 6.34. The first-order valence-electron chi connectivity index (χ1n) is 7.55. The normalized spacial score (nSPS) is 26.9. The molecule has 2 fully saturated rings. The van der Waals surface area contributed by atoms with Crippen LogP contribution in [-0.4, -0.2) is 42.1 Å². The van der Waals surface area contributed by atoms with E-state index in [4.69, 9.17) is 16.3 Å². The van der Waals surface area contributed by atoms with E-state index in [1.54, 1.807) is 6.20 Å². The number of aromatic nitrogens is 2. The molecule has 2 atom stereocenters. The van der Waals surface area contributed by atoms with E-state index in [0.29, 0.717) is 12.6 Å². The van der Waals surface area contributed by atoms with E-state index in [2.05, 4.69) is 22.2 Å². The van der Waals surface area contributed by atoms with Crippen molar-refractivity contribution in [3.63, 3.8) is 0 Å². The fourth-order valence-corrected chi connectivity index (χ4v) is 3.20. The van der Waals surface area contributed by atoms with Crippen LogP contribution in [0.5, 0.6) is 0 Å². The highest BCUT2D eigenvalue weighted by Gasteiger charge is 2.25. The lowest BCUT2D eigenvalue weighted by Gasteiger charge is -2.36. The highest BCUT2D eigenvalue weighted by atomic mass is 35.5. The molecule has 116 valence electrons. The molecule has 6 nitrogen and oxygen atoms in total. The van der Waals surface area contributed by atoms with Gasteiger partial charge in [-0.1, -0.05) is 11.6 Å². The Labute approximate surface area is 129 Å². The predicted octanol–water partition coefficient (Wildman–Crippen LogP) is 1.39. The van der Waals surface area contributed by atoms with Crippen LogP contribution in [-0.2, 0) is 4.74 Å². The van der Waals surface area contributed by atoms with E-state index in [1.165, 1.54) is 4.68 Å². The van der Waals surface area contributed by atoms with Crippen LogP contribution in [0, 0.1) is 0 Å². The number of hydrogen-bond donors (Lipinski definition) is 1. The van der Waals surface area contributed by atoms with Gasteiger partial charge in [-0.25, -0.2) is 0 Å². The summed E-state index contributed by atoms with van der Waals surface area (Å²) in [5, 5.41) is 7.87. The van der Waals surface area contributed by atoms with E-state index >= 15 is 0 Å². The minimum Gasteiger partial charge on any atom is -0.364 e. The molecule has 7 heteroatoms. The van der Waals surface area contributed by atoms with Gasteiger partial charge in [0, 0.05) is 32.3 Å². The van der Waals surface area contributed by atoms with Gasteiger partial charge in [0.25, 0.3) is 5.56 Å². The summed E-state index contributed by atoms with van der Waals surface area (Å²) in [5.41, 5.74) is 0.467. The van der Waals surface area contributed by atoms with Crippen LogP contribution in [0.1, 0.15) is 32.4 Å². The fraction of sp³-hybridized carbons (Fsp3) is 0.714. The van der Waals surface area contributed by atoms with E-state index in [9.17, 15) is 4.79 Å². The van der Waals surface area contributed by atoms with E-state index in [-0.39, 0.29) is 16.8 Å². The highest BCUT2D eigenvalue weighted by Crippen LogP contribution is 2.26. The van der Waals surface area contributed by atoms with Gasteiger partial charge in [-0.15, -0.1) is 0 Å². The second-order valence-corrected chi connectivity index (χ2v) is 6.04. The highest BCUT2D eigenvalue weighted by molar-refractivity contribution is 6.33. The third-order valence-electron chi connectivity index (χ3n) is 4.16. The summed E-state index contributed by atoms with van der Waals surface area (Å²) in [4.78, 5) is 14.6. The summed E-state index contributed by atoms with van der Waals surface area (Å²) in [6.07, 6.45) is 4.32. The van der Waals surface area contributed by atoms with Crippen molar-refractivity contribution in [3.05, 3.63) is 21.6 Å². The summed E-state index contributed by atoms with van der Waals surface area (Å²) in [7, 11) is 0. The number of rotatable bonds is 2. The molecule has 2 aliphatic heterocycles. The molecular weight excluding hydrogens is 292 g/mol. The second-order valence-electron chi connectivity index (χ2n) is 5.66. The van der Waals surface area contributed by atoms with Gasteiger partial charge in [0.15, 0.2) is 6.23 Å². The summed E-state index contributed by atoms with van der Waals surface area (Å²) in [6.45, 7) is 5.37. The van der Waals surface area contributed by atoms with Gasteiger partial charge in [0.05, 0.1) is 11.9 Å². The van der Waals surface area contributed by atoms with Gasteiger partial charge in [0.1, 0.15) is 5.02 Å². The van der Waals surface area contributed by atoms with E-state index < -0.39 is 0 Å². The maximum absolute atomic E-state index is 12.5. The molecule has 0 aliphatic carbocycles. The Kier molecular flexibility index (Phi) is 4.47. The SMILES string of the molecule is C[C@@H]1CNCCN1c1cnn(C2CCCCO2)c(=O)c1Cl. The third kappa shape index (κ3) is 2.93. The predicted molar refractivity (Wildman–Crippen MR) is 82.0 cm³/mol. The molecule has 0 bridgehead atoms. The lowest BCUT2D eigenvalue weighted by molar-refractivity contribution is -0.0424. The molecule has 21 heavy (non-hydrogen) atoms. The number of nitrogens with one attached hydrogen (secondary N) is 1. The Hall–Kier alpha value is -1.11. The van der Waals surface area contributed by atoms with Crippen LogP contribution in [0.25, 0.3) is 0 Å². The Morgan fingerprint density at radius 3 is 3.05 bits per heavy atom. The number of ether oxygens (including phenoxy) is 1. The van der Waals surface area contributed by atoms with Crippen LogP contribution in [0.4, 0.5) is 5.69 Å². The molecule has 1 N–H and O–H groups in total. The van der Waals surface area contributed by atoms with Gasteiger partial charge in [-0.3, -0.25) is 4.79 Å². The average molecular weight is 313 g/mol. The molecule has 3 heterocycles. The van der Waals surface area contributed by atoms with Gasteiger partial charge >= 0.3 is 0 Å². The van der Waals surface area contributed by atoms with Gasteiger partial charge in [-0.05, 0) is 26.2 Å². The Morgan fingerprint density at radius 2 is 2.33 bits per heavy atom. The fourth-order valence-electron chi connectivity index (χ4n) is 2.96. The first-order chi connectivity index (χ1) is 10.2. The Balaban J connectivity index is 1.90. The maximum atomic E-state index is 12.5. The van der Waals surface area contributed by atoms with Crippen LogP contribution in [0.15, 0.2) is 11.0 Å². The van der Waals surface area contributed by atoms with Gasteiger partial charge in [0.2, 0.25) is 0 Å². The first kappa shape index (κ1) is 14.8. The van der Waals surface area contributed by atoms with Crippen molar-refractivity contribution < 1.29 is 4.74 Å². The molecule has 0 spiro atoms. The molecule has 2 aliphatic rings. The summed E-state index contributed by atoms with van der Waals surface area (Å²) >= 11 is 6.33. The van der Waals surface area contributed by atoms with Crippen molar-refractivity contribution in [1.82, 2.24) is 15.1 Å². The molecule has 1 aromatic heterocycles. The van der Waals surface area contributed by atoms with Gasteiger partial charge in [-0.2, -0.15) is 9.78 Å². The molecule has 1 unspecified atom stereocenters. The lowest BCUT2D eigenvalue weighted by atomic mass is 10.2. The molecule has 0 saturated carbocycles.